The molecular formula is C10H7ClF5NO3. The number of hydrogen-bond donors (Lipinski definition) is 0. The Kier molecular flexibility index (Phi) is 5.09. The van der Waals surface area contributed by atoms with Crippen molar-refractivity contribution in [2.45, 2.75) is 18.7 Å². The van der Waals surface area contributed by atoms with Crippen molar-refractivity contribution in [3.05, 3.63) is 23.0 Å². The Morgan fingerprint density at radius 3 is 2.45 bits per heavy atom. The van der Waals surface area contributed by atoms with Crippen molar-refractivity contribution in [3.63, 3.8) is 0 Å². The third kappa shape index (κ3) is 3.69. The van der Waals surface area contributed by atoms with Crippen LogP contribution >= 0.6 is 11.6 Å². The summed E-state index contributed by atoms with van der Waals surface area (Å²) in [5.74, 6) is -3.11. The number of nitrogens with zero attached hydrogens (tertiary/aromatic N) is 1. The lowest BCUT2D eigenvalue weighted by atomic mass is 10.1. The molecule has 0 bridgehead atoms. The third-order valence-electron chi connectivity index (χ3n) is 2.10. The van der Waals surface area contributed by atoms with Gasteiger partial charge in [-0.3, -0.25) is 0 Å². The lowest BCUT2D eigenvalue weighted by Crippen LogP contribution is -2.21. The molecule has 0 aliphatic heterocycles. The number of aromatic nitrogens is 1. The average molecular weight is 320 g/mol. The number of methoxy groups -OCH3 is 1. The van der Waals surface area contributed by atoms with Gasteiger partial charge in [0.2, 0.25) is 0 Å². The Labute approximate surface area is 114 Å². The molecule has 0 unspecified atom stereocenters. The van der Waals surface area contributed by atoms with Crippen LogP contribution in [-0.2, 0) is 10.6 Å². The van der Waals surface area contributed by atoms with Crippen LogP contribution in [-0.4, -0.2) is 24.4 Å². The van der Waals surface area contributed by atoms with Crippen molar-refractivity contribution in [1.82, 2.24) is 4.98 Å². The summed E-state index contributed by atoms with van der Waals surface area (Å²) in [6.45, 7) is 0. The third-order valence-corrected chi connectivity index (χ3v) is 2.39. The molecule has 0 aliphatic carbocycles. The minimum absolute atomic E-state index is 0.424. The molecule has 1 aromatic heterocycles. The quantitative estimate of drug-likeness (QED) is 0.484. The number of carbonyl (C=O) groups excluding carboxylic acids is 1. The molecule has 4 nitrogen and oxygen atoms in total. The first-order chi connectivity index (χ1) is 9.21. The number of esters is 1. The minimum atomic E-state index is -5.22. The molecule has 1 heterocycles. The van der Waals surface area contributed by atoms with E-state index in [1.807, 2.05) is 0 Å². The van der Waals surface area contributed by atoms with Crippen molar-refractivity contribution in [3.8, 4) is 5.75 Å². The summed E-state index contributed by atoms with van der Waals surface area (Å²) >= 11 is 5.35. The smallest absolute Gasteiger partial charge is 0.464 e. The minimum Gasteiger partial charge on any atom is -0.464 e. The maximum absolute atomic E-state index is 12.9. The van der Waals surface area contributed by atoms with Gasteiger partial charge in [-0.05, 0) is 0 Å². The predicted octanol–water partition coefficient (Wildman–Crippen LogP) is 3.44. The van der Waals surface area contributed by atoms with Crippen LogP contribution in [0.3, 0.4) is 0 Å². The van der Waals surface area contributed by atoms with Crippen LogP contribution in [0.1, 0.15) is 28.0 Å². The van der Waals surface area contributed by atoms with Crippen LogP contribution in [0.15, 0.2) is 6.20 Å². The van der Waals surface area contributed by atoms with E-state index in [-0.39, 0.29) is 0 Å². The SMILES string of the molecule is COC(=O)c1ncc(CCl)c(OC(F)(F)F)c1C(F)F. The Morgan fingerprint density at radius 2 is 2.05 bits per heavy atom. The highest BCUT2D eigenvalue weighted by Gasteiger charge is 2.37. The Balaban J connectivity index is 3.53. The van der Waals surface area contributed by atoms with Crippen LogP contribution < -0.4 is 4.74 Å². The Morgan fingerprint density at radius 1 is 1.45 bits per heavy atom. The van der Waals surface area contributed by atoms with E-state index in [0.29, 0.717) is 0 Å². The number of rotatable bonds is 4. The van der Waals surface area contributed by atoms with Gasteiger partial charge in [-0.25, -0.2) is 18.6 Å². The van der Waals surface area contributed by atoms with Gasteiger partial charge in [-0.15, -0.1) is 24.8 Å². The molecule has 10 heteroatoms. The second kappa shape index (κ2) is 6.21. The van der Waals surface area contributed by atoms with Crippen molar-refractivity contribution < 1.29 is 36.2 Å². The van der Waals surface area contributed by atoms with Gasteiger partial charge >= 0.3 is 12.3 Å². The molecule has 0 atom stereocenters. The highest BCUT2D eigenvalue weighted by atomic mass is 35.5. The van der Waals surface area contributed by atoms with E-state index in [2.05, 4.69) is 14.5 Å². The fourth-order valence-corrected chi connectivity index (χ4v) is 1.53. The number of halogens is 6. The topological polar surface area (TPSA) is 48.4 Å². The van der Waals surface area contributed by atoms with Crippen molar-refractivity contribution in [2.75, 3.05) is 7.11 Å². The average Bonchev–Trinajstić information content (AvgIpc) is 2.35. The van der Waals surface area contributed by atoms with Crippen LogP contribution in [0.25, 0.3) is 0 Å². The lowest BCUT2D eigenvalue weighted by Gasteiger charge is -2.17. The van der Waals surface area contributed by atoms with Gasteiger partial charge in [0.05, 0.1) is 18.6 Å². The largest absolute Gasteiger partial charge is 0.573 e. The van der Waals surface area contributed by atoms with Crippen molar-refractivity contribution in [2.24, 2.45) is 0 Å². The number of hydrogen-bond acceptors (Lipinski definition) is 4. The van der Waals surface area contributed by atoms with Gasteiger partial charge in [0.1, 0.15) is 5.75 Å². The van der Waals surface area contributed by atoms with E-state index in [9.17, 15) is 26.7 Å². The zero-order valence-electron chi connectivity index (χ0n) is 9.80. The van der Waals surface area contributed by atoms with Gasteiger partial charge in [0.15, 0.2) is 5.69 Å². The summed E-state index contributed by atoms with van der Waals surface area (Å²) in [5.41, 5.74) is -2.70. The van der Waals surface area contributed by atoms with Gasteiger partial charge < -0.3 is 9.47 Å². The Hall–Kier alpha value is -1.64. The molecule has 20 heavy (non-hydrogen) atoms. The predicted molar refractivity (Wildman–Crippen MR) is 56.8 cm³/mol. The lowest BCUT2D eigenvalue weighted by molar-refractivity contribution is -0.275. The molecular weight excluding hydrogens is 313 g/mol. The summed E-state index contributed by atoms with van der Waals surface area (Å²) in [5, 5.41) is 0. The number of alkyl halides is 6. The molecule has 0 spiro atoms. The first-order valence-electron chi connectivity index (χ1n) is 4.91. The van der Waals surface area contributed by atoms with E-state index in [1.54, 1.807) is 0 Å². The standard InChI is InChI=1S/C10H7ClF5NO3/c1-19-9(18)6-5(8(12)13)7(20-10(14,15)16)4(2-11)3-17-6/h3,8H,2H2,1H3. The molecule has 0 aliphatic rings. The van der Waals surface area contributed by atoms with E-state index < -0.39 is 47.2 Å². The fourth-order valence-electron chi connectivity index (χ4n) is 1.34. The Bertz CT molecular complexity index is 506. The van der Waals surface area contributed by atoms with Crippen molar-refractivity contribution >= 4 is 17.6 Å². The zero-order valence-corrected chi connectivity index (χ0v) is 10.6. The van der Waals surface area contributed by atoms with Gasteiger partial charge in [-0.1, -0.05) is 0 Å². The van der Waals surface area contributed by atoms with Gasteiger partial charge in [0.25, 0.3) is 6.43 Å². The second-order valence-electron chi connectivity index (χ2n) is 3.35. The first-order valence-corrected chi connectivity index (χ1v) is 5.44. The summed E-state index contributed by atoms with van der Waals surface area (Å²) in [4.78, 5) is 14.6. The second-order valence-corrected chi connectivity index (χ2v) is 3.62. The van der Waals surface area contributed by atoms with Crippen LogP contribution in [0.4, 0.5) is 22.0 Å². The highest BCUT2D eigenvalue weighted by molar-refractivity contribution is 6.17. The fraction of sp³-hybridized carbons (Fsp3) is 0.400. The normalized spacial score (nSPS) is 11.6. The molecule has 0 fully saturated rings. The summed E-state index contributed by atoms with van der Waals surface area (Å²) in [6, 6.07) is 0. The van der Waals surface area contributed by atoms with E-state index in [1.165, 1.54) is 0 Å². The molecule has 0 aromatic carbocycles. The van der Waals surface area contributed by atoms with E-state index in [0.717, 1.165) is 13.3 Å². The molecule has 1 aromatic rings. The maximum atomic E-state index is 12.9. The van der Waals surface area contributed by atoms with Crippen LogP contribution in [0, 0.1) is 0 Å². The highest BCUT2D eigenvalue weighted by Crippen LogP contribution is 2.38. The summed E-state index contributed by atoms with van der Waals surface area (Å²) < 4.78 is 70.4. The van der Waals surface area contributed by atoms with Crippen LogP contribution in [0.2, 0.25) is 0 Å². The van der Waals surface area contributed by atoms with E-state index in [4.69, 9.17) is 11.6 Å². The van der Waals surface area contributed by atoms with E-state index >= 15 is 0 Å². The molecule has 0 saturated carbocycles. The maximum Gasteiger partial charge on any atom is 0.573 e. The molecule has 0 radical (unpaired) electrons. The zero-order chi connectivity index (χ0) is 15.5. The molecule has 0 amide bonds. The van der Waals surface area contributed by atoms with Crippen LogP contribution in [0.5, 0.6) is 5.75 Å². The molecule has 1 rings (SSSR count). The monoisotopic (exact) mass is 319 g/mol. The van der Waals surface area contributed by atoms with Gasteiger partial charge in [-0.2, -0.15) is 0 Å². The van der Waals surface area contributed by atoms with Crippen molar-refractivity contribution in [1.29, 1.82) is 0 Å². The number of carbonyl (C=O) groups is 1. The molecule has 112 valence electrons. The molecule has 0 N–H and O–H groups in total. The molecule has 0 saturated heterocycles. The van der Waals surface area contributed by atoms with Gasteiger partial charge in [0, 0.05) is 11.8 Å². The summed E-state index contributed by atoms with van der Waals surface area (Å²) in [7, 11) is 0.874. The number of ether oxygens (including phenoxy) is 2. The summed E-state index contributed by atoms with van der Waals surface area (Å²) in [6.07, 6.45) is -7.91. The first kappa shape index (κ1) is 16.4. The number of pyridine rings is 1.